The Labute approximate surface area is 119 Å². The van der Waals surface area contributed by atoms with Crippen molar-refractivity contribution in [2.24, 2.45) is 5.73 Å². The van der Waals surface area contributed by atoms with Crippen LogP contribution in [0.5, 0.6) is 5.75 Å². The number of nitrogens with zero attached hydrogens (tertiary/aromatic N) is 1. The fourth-order valence-electron chi connectivity index (χ4n) is 1.70. The maximum Gasteiger partial charge on any atom is 0.128 e. The lowest BCUT2D eigenvalue weighted by atomic mass is 10.1. The molecule has 0 unspecified atom stereocenters. The van der Waals surface area contributed by atoms with Crippen LogP contribution in [0.2, 0.25) is 5.02 Å². The first-order valence-corrected chi connectivity index (χ1v) is 6.61. The van der Waals surface area contributed by atoms with Crippen molar-refractivity contribution in [2.75, 3.05) is 13.7 Å². The summed E-state index contributed by atoms with van der Waals surface area (Å²) in [5.74, 6) is 1.56. The van der Waals surface area contributed by atoms with Gasteiger partial charge in [-0.2, -0.15) is 0 Å². The molecular formula is C12H13BrClN3O. The molecule has 0 fully saturated rings. The molecule has 0 bridgehead atoms. The SMILES string of the molecule is COc1ccc(Cl)cc1-c1nc(CCN)[nH]c1Br. The third-order valence-corrected chi connectivity index (χ3v) is 3.32. The van der Waals surface area contributed by atoms with Crippen LogP contribution in [0.4, 0.5) is 0 Å². The molecule has 1 aromatic carbocycles. The molecular weight excluding hydrogens is 318 g/mol. The van der Waals surface area contributed by atoms with Crippen molar-refractivity contribution in [2.45, 2.75) is 6.42 Å². The van der Waals surface area contributed by atoms with Gasteiger partial charge in [-0.3, -0.25) is 0 Å². The summed E-state index contributed by atoms with van der Waals surface area (Å²) in [6.07, 6.45) is 0.696. The number of benzene rings is 1. The van der Waals surface area contributed by atoms with E-state index in [1.807, 2.05) is 12.1 Å². The van der Waals surface area contributed by atoms with E-state index in [0.717, 1.165) is 27.4 Å². The van der Waals surface area contributed by atoms with Crippen LogP contribution < -0.4 is 10.5 Å². The lowest BCUT2D eigenvalue weighted by molar-refractivity contribution is 0.416. The molecule has 0 amide bonds. The molecule has 18 heavy (non-hydrogen) atoms. The topological polar surface area (TPSA) is 63.9 Å². The van der Waals surface area contributed by atoms with Crippen LogP contribution in [-0.4, -0.2) is 23.6 Å². The molecule has 0 aliphatic heterocycles. The fourth-order valence-corrected chi connectivity index (χ4v) is 2.40. The number of nitrogens with two attached hydrogens (primary N) is 1. The highest BCUT2D eigenvalue weighted by Crippen LogP contribution is 2.35. The van der Waals surface area contributed by atoms with Crippen molar-refractivity contribution >= 4 is 27.5 Å². The van der Waals surface area contributed by atoms with E-state index in [1.54, 1.807) is 13.2 Å². The summed E-state index contributed by atoms with van der Waals surface area (Å²) in [5, 5.41) is 0.640. The van der Waals surface area contributed by atoms with Crippen molar-refractivity contribution in [3.8, 4) is 17.0 Å². The average molecular weight is 331 g/mol. The van der Waals surface area contributed by atoms with Gasteiger partial charge in [0.25, 0.3) is 0 Å². The molecule has 0 aliphatic rings. The molecule has 6 heteroatoms. The Balaban J connectivity index is 2.50. The Kier molecular flexibility index (Phi) is 4.27. The van der Waals surface area contributed by atoms with Crippen LogP contribution >= 0.6 is 27.5 Å². The molecule has 0 saturated heterocycles. The maximum atomic E-state index is 6.02. The third kappa shape index (κ3) is 2.68. The first-order valence-electron chi connectivity index (χ1n) is 5.44. The Bertz CT molecular complexity index is 556. The number of H-pyrrole nitrogens is 1. The van der Waals surface area contributed by atoms with Gasteiger partial charge in [-0.15, -0.1) is 0 Å². The van der Waals surface area contributed by atoms with Gasteiger partial charge in [-0.1, -0.05) is 11.6 Å². The molecule has 0 aliphatic carbocycles. The van der Waals surface area contributed by atoms with Gasteiger partial charge < -0.3 is 15.5 Å². The predicted octanol–water partition coefficient (Wildman–Crippen LogP) is 3.00. The quantitative estimate of drug-likeness (QED) is 0.906. The third-order valence-electron chi connectivity index (χ3n) is 2.51. The number of hydrogen-bond acceptors (Lipinski definition) is 3. The summed E-state index contributed by atoms with van der Waals surface area (Å²) >= 11 is 9.47. The van der Waals surface area contributed by atoms with Gasteiger partial charge in [0.1, 0.15) is 21.9 Å². The number of aromatic amines is 1. The Morgan fingerprint density at radius 1 is 1.50 bits per heavy atom. The van der Waals surface area contributed by atoms with Crippen molar-refractivity contribution in [1.82, 2.24) is 9.97 Å². The fraction of sp³-hybridized carbons (Fsp3) is 0.250. The van der Waals surface area contributed by atoms with Crippen LogP contribution in [0.25, 0.3) is 11.3 Å². The molecule has 4 nitrogen and oxygen atoms in total. The highest BCUT2D eigenvalue weighted by Gasteiger charge is 2.14. The second-order valence-corrected chi connectivity index (χ2v) is 4.96. The predicted molar refractivity (Wildman–Crippen MR) is 76.0 cm³/mol. The summed E-state index contributed by atoms with van der Waals surface area (Å²) in [6, 6.07) is 5.43. The smallest absolute Gasteiger partial charge is 0.128 e. The number of imidazole rings is 1. The number of halogens is 2. The van der Waals surface area contributed by atoms with Gasteiger partial charge in [-0.25, -0.2) is 4.98 Å². The van der Waals surface area contributed by atoms with Crippen molar-refractivity contribution < 1.29 is 4.74 Å². The first kappa shape index (κ1) is 13.4. The van der Waals surface area contributed by atoms with Gasteiger partial charge in [0, 0.05) is 17.0 Å². The minimum Gasteiger partial charge on any atom is -0.496 e. The Hall–Kier alpha value is -1.04. The molecule has 0 saturated carbocycles. The number of rotatable bonds is 4. The summed E-state index contributed by atoms with van der Waals surface area (Å²) in [7, 11) is 1.62. The lowest BCUT2D eigenvalue weighted by Crippen LogP contribution is -2.03. The minimum absolute atomic E-state index is 0.548. The zero-order valence-electron chi connectivity index (χ0n) is 9.84. The zero-order valence-corrected chi connectivity index (χ0v) is 12.2. The normalized spacial score (nSPS) is 10.7. The molecule has 0 radical (unpaired) electrons. The number of aromatic nitrogens is 2. The summed E-state index contributed by atoms with van der Waals surface area (Å²) in [5.41, 5.74) is 7.14. The van der Waals surface area contributed by atoms with Crippen LogP contribution in [0.1, 0.15) is 5.82 Å². The molecule has 1 heterocycles. The molecule has 1 aromatic heterocycles. The second-order valence-electron chi connectivity index (χ2n) is 3.73. The molecule has 2 aromatic rings. The summed E-state index contributed by atoms with van der Waals surface area (Å²) in [6.45, 7) is 0.548. The van der Waals surface area contributed by atoms with E-state index in [0.29, 0.717) is 18.0 Å². The Morgan fingerprint density at radius 2 is 2.28 bits per heavy atom. The first-order chi connectivity index (χ1) is 8.65. The monoisotopic (exact) mass is 329 g/mol. The number of nitrogens with one attached hydrogen (secondary N) is 1. The van der Waals surface area contributed by atoms with Crippen LogP contribution in [-0.2, 0) is 6.42 Å². The van der Waals surface area contributed by atoms with Gasteiger partial charge in [0.05, 0.1) is 7.11 Å². The largest absolute Gasteiger partial charge is 0.496 e. The van der Waals surface area contributed by atoms with Crippen LogP contribution in [0, 0.1) is 0 Å². The summed E-state index contributed by atoms with van der Waals surface area (Å²) in [4.78, 5) is 7.64. The van der Waals surface area contributed by atoms with E-state index < -0.39 is 0 Å². The summed E-state index contributed by atoms with van der Waals surface area (Å²) < 4.78 is 6.12. The standard InChI is InChI=1S/C12H13BrClN3O/c1-18-9-3-2-7(14)6-8(9)11-12(13)17-10(16-11)4-5-15/h2-3,6H,4-5,15H2,1H3,(H,16,17). The van der Waals surface area contributed by atoms with E-state index >= 15 is 0 Å². The number of hydrogen-bond donors (Lipinski definition) is 2. The number of methoxy groups -OCH3 is 1. The van der Waals surface area contributed by atoms with Gasteiger partial charge in [0.2, 0.25) is 0 Å². The van der Waals surface area contributed by atoms with Gasteiger partial charge in [-0.05, 0) is 40.7 Å². The van der Waals surface area contributed by atoms with Crippen molar-refractivity contribution in [3.05, 3.63) is 33.6 Å². The van der Waals surface area contributed by atoms with Gasteiger partial charge in [0.15, 0.2) is 0 Å². The second kappa shape index (κ2) is 5.73. The highest BCUT2D eigenvalue weighted by atomic mass is 79.9. The molecule has 2 rings (SSSR count). The average Bonchev–Trinajstić information content (AvgIpc) is 2.70. The molecule has 0 atom stereocenters. The van der Waals surface area contributed by atoms with Gasteiger partial charge >= 0.3 is 0 Å². The van der Waals surface area contributed by atoms with E-state index in [-0.39, 0.29) is 0 Å². The van der Waals surface area contributed by atoms with E-state index in [2.05, 4.69) is 25.9 Å². The minimum atomic E-state index is 0.548. The molecule has 0 spiro atoms. The molecule has 3 N–H and O–H groups in total. The van der Waals surface area contributed by atoms with E-state index in [4.69, 9.17) is 22.1 Å². The Morgan fingerprint density at radius 3 is 2.94 bits per heavy atom. The highest BCUT2D eigenvalue weighted by molar-refractivity contribution is 9.10. The lowest BCUT2D eigenvalue weighted by Gasteiger charge is -2.06. The van der Waals surface area contributed by atoms with Crippen molar-refractivity contribution in [1.29, 1.82) is 0 Å². The maximum absolute atomic E-state index is 6.02. The van der Waals surface area contributed by atoms with Crippen LogP contribution in [0.3, 0.4) is 0 Å². The zero-order chi connectivity index (χ0) is 13.1. The van der Waals surface area contributed by atoms with E-state index in [1.165, 1.54) is 0 Å². The number of ether oxygens (including phenoxy) is 1. The van der Waals surface area contributed by atoms with E-state index in [9.17, 15) is 0 Å². The molecule has 96 valence electrons. The van der Waals surface area contributed by atoms with Crippen molar-refractivity contribution in [3.63, 3.8) is 0 Å². The van der Waals surface area contributed by atoms with Crippen LogP contribution in [0.15, 0.2) is 22.8 Å².